The molecule has 0 rings (SSSR count). The predicted octanol–water partition coefficient (Wildman–Crippen LogP) is 1.15. The van der Waals surface area contributed by atoms with Gasteiger partial charge in [0.05, 0.1) is 26.1 Å². The van der Waals surface area contributed by atoms with Crippen molar-refractivity contribution >= 4 is 17.9 Å². The van der Waals surface area contributed by atoms with Gasteiger partial charge in [-0.1, -0.05) is 13.5 Å². The molecule has 0 saturated carbocycles. The average molecular weight is 258 g/mol. The molecule has 0 spiro atoms. The Labute approximate surface area is 106 Å². The lowest BCUT2D eigenvalue weighted by Crippen LogP contribution is -2.19. The number of esters is 2. The van der Waals surface area contributed by atoms with Crippen LogP contribution in [0, 0.1) is 5.92 Å². The summed E-state index contributed by atoms with van der Waals surface area (Å²) in [6, 6.07) is 0. The van der Waals surface area contributed by atoms with Gasteiger partial charge in [-0.25, -0.2) is 4.79 Å². The first-order valence-corrected chi connectivity index (χ1v) is 5.53. The van der Waals surface area contributed by atoms with Crippen molar-refractivity contribution in [2.24, 2.45) is 5.92 Å². The van der Waals surface area contributed by atoms with Crippen LogP contribution in [-0.4, -0.2) is 36.2 Å². The van der Waals surface area contributed by atoms with Crippen LogP contribution in [0.4, 0.5) is 0 Å². The molecule has 0 aromatic heterocycles. The molecule has 1 atom stereocenters. The van der Waals surface area contributed by atoms with Crippen molar-refractivity contribution in [3.63, 3.8) is 0 Å². The van der Waals surface area contributed by atoms with Crippen LogP contribution in [0.2, 0.25) is 0 Å². The minimum Gasteiger partial charge on any atom is -0.481 e. The molecule has 0 aliphatic rings. The molecular weight excluding hydrogens is 240 g/mol. The molecule has 0 radical (unpaired) electrons. The SMILES string of the molecule is C=C(C)C(=O)OCC(C)COC(=O)CCC(=O)O. The van der Waals surface area contributed by atoms with E-state index in [2.05, 4.69) is 6.58 Å². The zero-order valence-corrected chi connectivity index (χ0v) is 10.6. The predicted molar refractivity (Wildman–Crippen MR) is 62.8 cm³/mol. The minimum atomic E-state index is -1.05. The summed E-state index contributed by atoms with van der Waals surface area (Å²) < 4.78 is 9.70. The van der Waals surface area contributed by atoms with Crippen LogP contribution in [0.5, 0.6) is 0 Å². The Morgan fingerprint density at radius 1 is 1.17 bits per heavy atom. The van der Waals surface area contributed by atoms with Crippen molar-refractivity contribution in [1.29, 1.82) is 0 Å². The topological polar surface area (TPSA) is 89.9 Å². The third kappa shape index (κ3) is 8.32. The summed E-state index contributed by atoms with van der Waals surface area (Å²) in [6.07, 6.45) is -0.411. The lowest BCUT2D eigenvalue weighted by molar-refractivity contribution is -0.150. The number of hydrogen-bond donors (Lipinski definition) is 1. The quantitative estimate of drug-likeness (QED) is 0.519. The van der Waals surface area contributed by atoms with Gasteiger partial charge in [0, 0.05) is 11.5 Å². The number of carboxylic acid groups (broad SMARTS) is 1. The van der Waals surface area contributed by atoms with Crippen molar-refractivity contribution in [3.8, 4) is 0 Å². The molecule has 0 fully saturated rings. The van der Waals surface area contributed by atoms with Gasteiger partial charge in [-0.2, -0.15) is 0 Å². The molecule has 6 nitrogen and oxygen atoms in total. The highest BCUT2D eigenvalue weighted by atomic mass is 16.5. The normalized spacial score (nSPS) is 11.4. The van der Waals surface area contributed by atoms with Crippen LogP contribution < -0.4 is 0 Å². The lowest BCUT2D eigenvalue weighted by Gasteiger charge is -2.12. The second kappa shape index (κ2) is 8.27. The molecule has 0 aliphatic heterocycles. The highest BCUT2D eigenvalue weighted by Crippen LogP contribution is 2.02. The summed E-state index contributed by atoms with van der Waals surface area (Å²) in [4.78, 5) is 32.4. The van der Waals surface area contributed by atoms with Gasteiger partial charge in [-0.05, 0) is 6.92 Å². The van der Waals surface area contributed by atoms with E-state index in [0.717, 1.165) is 0 Å². The summed E-state index contributed by atoms with van der Waals surface area (Å²) in [5.41, 5.74) is 0.306. The molecule has 102 valence electrons. The number of hydrogen-bond acceptors (Lipinski definition) is 5. The standard InChI is InChI=1S/C12H18O6/c1-8(2)12(16)18-7-9(3)6-17-11(15)5-4-10(13)14/h9H,1,4-7H2,2-3H3,(H,13,14). The smallest absolute Gasteiger partial charge is 0.333 e. The van der Waals surface area contributed by atoms with Gasteiger partial charge in [-0.3, -0.25) is 9.59 Å². The van der Waals surface area contributed by atoms with Crippen LogP contribution in [0.15, 0.2) is 12.2 Å². The molecule has 0 bridgehead atoms. The van der Waals surface area contributed by atoms with Crippen LogP contribution in [-0.2, 0) is 23.9 Å². The molecular formula is C12H18O6. The second-order valence-corrected chi connectivity index (χ2v) is 4.06. The van der Waals surface area contributed by atoms with Gasteiger partial charge in [-0.15, -0.1) is 0 Å². The highest BCUT2D eigenvalue weighted by molar-refractivity contribution is 5.86. The van der Waals surface area contributed by atoms with Gasteiger partial charge < -0.3 is 14.6 Å². The Kier molecular flexibility index (Phi) is 7.42. The van der Waals surface area contributed by atoms with E-state index in [1.54, 1.807) is 13.8 Å². The number of carbonyl (C=O) groups is 3. The van der Waals surface area contributed by atoms with Gasteiger partial charge >= 0.3 is 17.9 Å². The van der Waals surface area contributed by atoms with E-state index in [4.69, 9.17) is 14.6 Å². The third-order valence-corrected chi connectivity index (χ3v) is 1.92. The number of rotatable bonds is 8. The maximum Gasteiger partial charge on any atom is 0.333 e. The minimum absolute atomic E-state index is 0.0852. The van der Waals surface area contributed by atoms with Crippen LogP contribution in [0.25, 0.3) is 0 Å². The van der Waals surface area contributed by atoms with E-state index in [9.17, 15) is 14.4 Å². The first kappa shape index (κ1) is 16.1. The fourth-order valence-corrected chi connectivity index (χ4v) is 0.906. The van der Waals surface area contributed by atoms with Crippen LogP contribution >= 0.6 is 0 Å². The summed E-state index contributed by atoms with van der Waals surface area (Å²) in [7, 11) is 0. The average Bonchev–Trinajstić information content (AvgIpc) is 2.30. The van der Waals surface area contributed by atoms with Gasteiger partial charge in [0.1, 0.15) is 0 Å². The van der Waals surface area contributed by atoms with Crippen LogP contribution in [0.3, 0.4) is 0 Å². The maximum atomic E-state index is 11.1. The zero-order chi connectivity index (χ0) is 14.1. The number of carboxylic acids is 1. The first-order valence-electron chi connectivity index (χ1n) is 5.53. The summed E-state index contributed by atoms with van der Waals surface area (Å²) in [6.45, 7) is 6.93. The van der Waals surface area contributed by atoms with Crippen molar-refractivity contribution in [2.45, 2.75) is 26.7 Å². The summed E-state index contributed by atoms with van der Waals surface area (Å²) in [5.74, 6) is -2.26. The number of aliphatic carboxylic acids is 1. The zero-order valence-electron chi connectivity index (χ0n) is 10.6. The summed E-state index contributed by atoms with van der Waals surface area (Å²) in [5, 5.41) is 8.36. The Bertz CT molecular complexity index is 333. The van der Waals surface area contributed by atoms with Crippen LogP contribution in [0.1, 0.15) is 26.7 Å². The van der Waals surface area contributed by atoms with E-state index < -0.39 is 17.9 Å². The Hall–Kier alpha value is -1.85. The van der Waals surface area contributed by atoms with Gasteiger partial charge in [0.25, 0.3) is 0 Å². The van der Waals surface area contributed by atoms with Gasteiger partial charge in [0.15, 0.2) is 0 Å². The monoisotopic (exact) mass is 258 g/mol. The summed E-state index contributed by atoms with van der Waals surface area (Å²) >= 11 is 0. The molecule has 18 heavy (non-hydrogen) atoms. The fourth-order valence-electron chi connectivity index (χ4n) is 0.906. The van der Waals surface area contributed by atoms with Crippen molar-refractivity contribution in [2.75, 3.05) is 13.2 Å². The van der Waals surface area contributed by atoms with E-state index in [1.807, 2.05) is 0 Å². The molecule has 0 saturated heterocycles. The third-order valence-electron chi connectivity index (χ3n) is 1.92. The fraction of sp³-hybridized carbons (Fsp3) is 0.583. The molecule has 0 aromatic rings. The highest BCUT2D eigenvalue weighted by Gasteiger charge is 2.11. The second-order valence-electron chi connectivity index (χ2n) is 4.06. The van der Waals surface area contributed by atoms with E-state index in [0.29, 0.717) is 5.57 Å². The van der Waals surface area contributed by atoms with E-state index in [1.165, 1.54) is 0 Å². The largest absolute Gasteiger partial charge is 0.481 e. The van der Waals surface area contributed by atoms with Crippen molar-refractivity contribution in [3.05, 3.63) is 12.2 Å². The molecule has 1 N–H and O–H groups in total. The first-order chi connectivity index (χ1) is 8.32. The Morgan fingerprint density at radius 3 is 2.22 bits per heavy atom. The maximum absolute atomic E-state index is 11.1. The van der Waals surface area contributed by atoms with E-state index in [-0.39, 0.29) is 32.0 Å². The van der Waals surface area contributed by atoms with Crippen molar-refractivity contribution in [1.82, 2.24) is 0 Å². The number of ether oxygens (including phenoxy) is 2. The Morgan fingerprint density at radius 2 is 1.72 bits per heavy atom. The molecule has 1 unspecified atom stereocenters. The lowest BCUT2D eigenvalue weighted by atomic mass is 10.2. The van der Waals surface area contributed by atoms with Gasteiger partial charge in [0.2, 0.25) is 0 Å². The molecule has 0 heterocycles. The number of carbonyl (C=O) groups excluding carboxylic acids is 2. The van der Waals surface area contributed by atoms with E-state index >= 15 is 0 Å². The molecule has 0 amide bonds. The molecule has 0 aromatic carbocycles. The molecule has 6 heteroatoms. The Balaban J connectivity index is 3.73. The van der Waals surface area contributed by atoms with Crippen molar-refractivity contribution < 1.29 is 29.0 Å². The molecule has 0 aliphatic carbocycles.